The van der Waals surface area contributed by atoms with Gasteiger partial charge in [-0.25, -0.2) is 9.97 Å². The summed E-state index contributed by atoms with van der Waals surface area (Å²) in [5.41, 5.74) is 0.114. The van der Waals surface area contributed by atoms with Crippen LogP contribution in [-0.4, -0.2) is 27.4 Å². The van der Waals surface area contributed by atoms with E-state index in [0.29, 0.717) is 11.3 Å². The Balaban J connectivity index is 1.90. The molecular formula is C15H12N4O3. The van der Waals surface area contributed by atoms with E-state index >= 15 is 0 Å². The number of carbonyl (C=O) groups excluding carboxylic acids is 1. The maximum absolute atomic E-state index is 12.2. The lowest BCUT2D eigenvalue weighted by Crippen LogP contribution is -2.23. The summed E-state index contributed by atoms with van der Waals surface area (Å²) in [5, 5.41) is 2.55. The van der Waals surface area contributed by atoms with E-state index in [2.05, 4.69) is 15.3 Å². The van der Waals surface area contributed by atoms with E-state index in [0.717, 1.165) is 0 Å². The van der Waals surface area contributed by atoms with Gasteiger partial charge in [-0.2, -0.15) is 0 Å². The Bertz CT molecular complexity index is 887. The van der Waals surface area contributed by atoms with Crippen LogP contribution in [0.1, 0.15) is 10.4 Å². The molecule has 0 aliphatic carbocycles. The SMILES string of the molecule is COc1ccc(C(=O)Nc2cnc3ncccn3c2=O)cc1. The molecule has 0 fully saturated rings. The predicted octanol–water partition coefficient (Wildman–Crippen LogP) is 1.35. The molecule has 0 saturated heterocycles. The van der Waals surface area contributed by atoms with Crippen LogP contribution < -0.4 is 15.6 Å². The molecule has 0 saturated carbocycles. The standard InChI is InChI=1S/C15H12N4O3/c1-22-11-5-3-10(4-6-11)13(20)18-12-9-17-15-16-7-2-8-19(15)14(12)21/h2-9H,1H3,(H,18,20). The molecule has 0 unspecified atom stereocenters. The lowest BCUT2D eigenvalue weighted by molar-refractivity contribution is 0.102. The lowest BCUT2D eigenvalue weighted by Gasteiger charge is -2.06. The smallest absolute Gasteiger partial charge is 0.282 e. The van der Waals surface area contributed by atoms with E-state index < -0.39 is 5.91 Å². The minimum absolute atomic E-state index is 0.0892. The fourth-order valence-corrected chi connectivity index (χ4v) is 1.95. The Labute approximate surface area is 125 Å². The first-order chi connectivity index (χ1) is 10.7. The van der Waals surface area contributed by atoms with Crippen molar-refractivity contribution < 1.29 is 9.53 Å². The monoisotopic (exact) mass is 296 g/mol. The van der Waals surface area contributed by atoms with Crippen molar-refractivity contribution in [1.82, 2.24) is 14.4 Å². The number of rotatable bonds is 3. The number of nitrogens with one attached hydrogen (secondary N) is 1. The Hall–Kier alpha value is -3.22. The van der Waals surface area contributed by atoms with Gasteiger partial charge in [0.05, 0.1) is 13.3 Å². The highest BCUT2D eigenvalue weighted by Crippen LogP contribution is 2.12. The topological polar surface area (TPSA) is 85.6 Å². The van der Waals surface area contributed by atoms with E-state index in [4.69, 9.17) is 4.74 Å². The van der Waals surface area contributed by atoms with Gasteiger partial charge in [-0.3, -0.25) is 14.0 Å². The third-order valence-corrected chi connectivity index (χ3v) is 3.09. The molecule has 0 spiro atoms. The number of fused-ring (bicyclic) bond motifs is 1. The average molecular weight is 296 g/mol. The molecule has 22 heavy (non-hydrogen) atoms. The van der Waals surface area contributed by atoms with Crippen molar-refractivity contribution in [2.24, 2.45) is 0 Å². The molecule has 110 valence electrons. The van der Waals surface area contributed by atoms with Crippen molar-refractivity contribution in [2.75, 3.05) is 12.4 Å². The molecule has 2 aromatic heterocycles. The first-order valence-electron chi connectivity index (χ1n) is 6.47. The molecule has 1 N–H and O–H groups in total. The van der Waals surface area contributed by atoms with Crippen molar-refractivity contribution in [3.8, 4) is 5.75 Å². The van der Waals surface area contributed by atoms with Crippen LogP contribution in [0.2, 0.25) is 0 Å². The number of carbonyl (C=O) groups is 1. The third-order valence-electron chi connectivity index (χ3n) is 3.09. The molecule has 0 aliphatic rings. The van der Waals surface area contributed by atoms with Crippen LogP contribution in [0.15, 0.2) is 53.7 Å². The van der Waals surface area contributed by atoms with Crippen molar-refractivity contribution in [3.05, 3.63) is 64.8 Å². The van der Waals surface area contributed by atoms with Crippen molar-refractivity contribution in [2.45, 2.75) is 0 Å². The molecule has 1 amide bonds. The number of hydrogen-bond donors (Lipinski definition) is 1. The van der Waals surface area contributed by atoms with Crippen LogP contribution in [-0.2, 0) is 0 Å². The molecule has 0 radical (unpaired) electrons. The summed E-state index contributed by atoms with van der Waals surface area (Å²) in [4.78, 5) is 32.4. The summed E-state index contributed by atoms with van der Waals surface area (Å²) in [6, 6.07) is 8.18. The number of anilines is 1. The van der Waals surface area contributed by atoms with Gasteiger partial charge in [-0.05, 0) is 30.3 Å². The van der Waals surface area contributed by atoms with E-state index in [1.807, 2.05) is 0 Å². The number of aromatic nitrogens is 3. The van der Waals surface area contributed by atoms with Gasteiger partial charge in [-0.1, -0.05) is 0 Å². The van der Waals surface area contributed by atoms with Crippen molar-refractivity contribution in [1.29, 1.82) is 0 Å². The minimum Gasteiger partial charge on any atom is -0.497 e. The van der Waals surface area contributed by atoms with Crippen molar-refractivity contribution >= 4 is 17.4 Å². The van der Waals surface area contributed by atoms with Crippen LogP contribution in [0.25, 0.3) is 5.78 Å². The van der Waals surface area contributed by atoms with Gasteiger partial charge in [0.2, 0.25) is 5.78 Å². The molecule has 0 bridgehead atoms. The van der Waals surface area contributed by atoms with Gasteiger partial charge in [0.1, 0.15) is 11.4 Å². The van der Waals surface area contributed by atoms with Crippen LogP contribution in [0, 0.1) is 0 Å². The summed E-state index contributed by atoms with van der Waals surface area (Å²) in [6.45, 7) is 0. The van der Waals surface area contributed by atoms with Gasteiger partial charge in [0.25, 0.3) is 11.5 Å². The third kappa shape index (κ3) is 2.51. The summed E-state index contributed by atoms with van der Waals surface area (Å²) in [6.07, 6.45) is 4.38. The zero-order valence-corrected chi connectivity index (χ0v) is 11.7. The highest BCUT2D eigenvalue weighted by molar-refractivity contribution is 6.04. The molecule has 3 rings (SSSR count). The van der Waals surface area contributed by atoms with Crippen molar-refractivity contribution in [3.63, 3.8) is 0 Å². The second-order valence-corrected chi connectivity index (χ2v) is 4.45. The summed E-state index contributed by atoms with van der Waals surface area (Å²) < 4.78 is 6.30. The van der Waals surface area contributed by atoms with Crippen LogP contribution in [0.3, 0.4) is 0 Å². The molecule has 7 heteroatoms. The number of amides is 1. The summed E-state index contributed by atoms with van der Waals surface area (Å²) in [7, 11) is 1.55. The van der Waals surface area contributed by atoms with E-state index in [1.165, 1.54) is 16.8 Å². The quantitative estimate of drug-likeness (QED) is 0.788. The number of hydrogen-bond acceptors (Lipinski definition) is 5. The van der Waals surface area contributed by atoms with Gasteiger partial charge < -0.3 is 10.1 Å². The van der Waals surface area contributed by atoms with Gasteiger partial charge in [0.15, 0.2) is 0 Å². The van der Waals surface area contributed by atoms with Gasteiger partial charge in [0, 0.05) is 18.0 Å². The predicted molar refractivity (Wildman–Crippen MR) is 80.2 cm³/mol. The second-order valence-electron chi connectivity index (χ2n) is 4.45. The fraction of sp³-hybridized carbons (Fsp3) is 0.0667. The average Bonchev–Trinajstić information content (AvgIpc) is 2.57. The number of nitrogens with zero attached hydrogens (tertiary/aromatic N) is 3. The molecule has 2 heterocycles. The molecule has 3 aromatic rings. The molecule has 7 nitrogen and oxygen atoms in total. The Morgan fingerprint density at radius 3 is 2.73 bits per heavy atom. The molecule has 1 aromatic carbocycles. The largest absolute Gasteiger partial charge is 0.497 e. The minimum atomic E-state index is -0.398. The zero-order chi connectivity index (χ0) is 15.5. The first-order valence-corrected chi connectivity index (χ1v) is 6.47. The van der Waals surface area contributed by atoms with Gasteiger partial charge >= 0.3 is 0 Å². The van der Waals surface area contributed by atoms with Crippen LogP contribution in [0.5, 0.6) is 5.75 Å². The van der Waals surface area contributed by atoms with Gasteiger partial charge in [-0.15, -0.1) is 0 Å². The Kier molecular flexibility index (Phi) is 3.53. The lowest BCUT2D eigenvalue weighted by atomic mass is 10.2. The highest BCUT2D eigenvalue weighted by Gasteiger charge is 2.10. The molecule has 0 atom stereocenters. The second kappa shape index (κ2) is 5.65. The van der Waals surface area contributed by atoms with E-state index in [9.17, 15) is 9.59 Å². The Morgan fingerprint density at radius 2 is 2.00 bits per heavy atom. The number of benzene rings is 1. The number of methoxy groups -OCH3 is 1. The van der Waals surface area contributed by atoms with E-state index in [-0.39, 0.29) is 17.0 Å². The highest BCUT2D eigenvalue weighted by atomic mass is 16.5. The van der Waals surface area contributed by atoms with Crippen LogP contribution >= 0.6 is 0 Å². The maximum Gasteiger partial charge on any atom is 0.282 e. The summed E-state index contributed by atoms with van der Waals surface area (Å²) in [5.74, 6) is 0.524. The fourth-order valence-electron chi connectivity index (χ4n) is 1.95. The van der Waals surface area contributed by atoms with Crippen LogP contribution in [0.4, 0.5) is 5.69 Å². The molecular weight excluding hydrogens is 284 g/mol. The normalized spacial score (nSPS) is 10.4. The Morgan fingerprint density at radius 1 is 1.23 bits per heavy atom. The van der Waals surface area contributed by atoms with E-state index in [1.54, 1.807) is 43.6 Å². The molecule has 0 aliphatic heterocycles. The summed E-state index contributed by atoms with van der Waals surface area (Å²) >= 11 is 0. The maximum atomic E-state index is 12.2. The first kappa shape index (κ1) is 13.7. The zero-order valence-electron chi connectivity index (χ0n) is 11.7. The number of ether oxygens (including phenoxy) is 1.